The van der Waals surface area contributed by atoms with Crippen LogP contribution in [0.4, 0.5) is 5.69 Å². The summed E-state index contributed by atoms with van der Waals surface area (Å²) in [6.07, 6.45) is 3.98. The largest absolute Gasteiger partial charge is 0.369 e. The second-order valence-electron chi connectivity index (χ2n) is 7.10. The van der Waals surface area contributed by atoms with Crippen molar-refractivity contribution in [2.45, 2.75) is 32.9 Å². The molecule has 2 aromatic rings. The summed E-state index contributed by atoms with van der Waals surface area (Å²) in [6.45, 7) is 7.50. The number of fused-ring (bicyclic) bond motifs is 1. The first-order valence-corrected chi connectivity index (χ1v) is 8.64. The molecule has 26 heavy (non-hydrogen) atoms. The molecule has 4 N–H and O–H groups in total. The molecular formula is C21H25N5. The van der Waals surface area contributed by atoms with E-state index in [2.05, 4.69) is 78.3 Å². The van der Waals surface area contributed by atoms with Crippen molar-refractivity contribution in [3.63, 3.8) is 0 Å². The molecule has 0 saturated carbocycles. The van der Waals surface area contributed by atoms with Crippen LogP contribution in [-0.4, -0.2) is 17.7 Å². The summed E-state index contributed by atoms with van der Waals surface area (Å²) in [7, 11) is 0. The molecule has 0 bridgehead atoms. The Morgan fingerprint density at radius 3 is 2.54 bits per heavy atom. The van der Waals surface area contributed by atoms with E-state index in [1.807, 2.05) is 12.1 Å². The van der Waals surface area contributed by atoms with E-state index in [4.69, 9.17) is 11.5 Å². The third-order valence-corrected chi connectivity index (χ3v) is 4.57. The zero-order valence-corrected chi connectivity index (χ0v) is 15.5. The summed E-state index contributed by atoms with van der Waals surface area (Å²) < 4.78 is 0. The van der Waals surface area contributed by atoms with Crippen molar-refractivity contribution in [3.05, 3.63) is 71.3 Å². The topological polar surface area (TPSA) is 80.0 Å². The fraction of sp³-hybridized carbons (Fsp3) is 0.238. The molecule has 1 aliphatic rings. The molecule has 3 rings (SSSR count). The number of nitrogens with two attached hydrogens (primary N) is 2. The van der Waals surface area contributed by atoms with Gasteiger partial charge in [-0.15, -0.1) is 5.10 Å². The van der Waals surface area contributed by atoms with Gasteiger partial charge in [0.1, 0.15) is 0 Å². The molecule has 0 aromatic heterocycles. The second-order valence-corrected chi connectivity index (χ2v) is 7.10. The van der Waals surface area contributed by atoms with E-state index in [0.29, 0.717) is 0 Å². The van der Waals surface area contributed by atoms with Crippen LogP contribution in [0.3, 0.4) is 0 Å². The highest BCUT2D eigenvalue weighted by Gasteiger charge is 2.31. The van der Waals surface area contributed by atoms with Crippen molar-refractivity contribution in [1.29, 1.82) is 0 Å². The molecule has 0 saturated heterocycles. The van der Waals surface area contributed by atoms with Gasteiger partial charge in [0.25, 0.3) is 0 Å². The Labute approximate surface area is 154 Å². The first kappa shape index (κ1) is 17.7. The number of allylic oxidation sites excluding steroid dienone is 1. The average Bonchev–Trinajstić information content (AvgIpc) is 2.59. The quantitative estimate of drug-likeness (QED) is 0.505. The minimum absolute atomic E-state index is 0.0499. The van der Waals surface area contributed by atoms with Gasteiger partial charge >= 0.3 is 0 Å². The smallest absolute Gasteiger partial charge is 0.211 e. The van der Waals surface area contributed by atoms with E-state index in [-0.39, 0.29) is 11.5 Å². The number of nitrogens with zero attached hydrogens (tertiary/aromatic N) is 3. The molecule has 1 heterocycles. The van der Waals surface area contributed by atoms with Crippen molar-refractivity contribution in [3.8, 4) is 0 Å². The summed E-state index contributed by atoms with van der Waals surface area (Å²) in [5.74, 6) is -0.0499. The van der Waals surface area contributed by atoms with Gasteiger partial charge in [-0.05, 0) is 49.6 Å². The van der Waals surface area contributed by atoms with E-state index in [1.54, 1.807) is 6.21 Å². The molecule has 0 radical (unpaired) electrons. The molecule has 0 atom stereocenters. The number of benzene rings is 2. The van der Waals surface area contributed by atoms with Gasteiger partial charge in [-0.3, -0.25) is 0 Å². The Kier molecular flexibility index (Phi) is 4.80. The van der Waals surface area contributed by atoms with E-state index >= 15 is 0 Å². The summed E-state index contributed by atoms with van der Waals surface area (Å²) in [5.41, 5.74) is 16.5. The van der Waals surface area contributed by atoms with Gasteiger partial charge in [-0.2, -0.15) is 5.10 Å². The minimum atomic E-state index is -0.0686. The number of rotatable bonds is 4. The van der Waals surface area contributed by atoms with Crippen molar-refractivity contribution in [2.75, 3.05) is 4.90 Å². The van der Waals surface area contributed by atoms with Crippen LogP contribution in [0.25, 0.3) is 5.57 Å². The van der Waals surface area contributed by atoms with Gasteiger partial charge in [0.2, 0.25) is 5.96 Å². The van der Waals surface area contributed by atoms with Crippen molar-refractivity contribution in [1.82, 2.24) is 0 Å². The maximum Gasteiger partial charge on any atom is 0.211 e. The lowest BCUT2D eigenvalue weighted by Crippen LogP contribution is -2.44. The first-order valence-electron chi connectivity index (χ1n) is 8.64. The molecule has 5 nitrogen and oxygen atoms in total. The van der Waals surface area contributed by atoms with E-state index in [0.717, 1.165) is 12.1 Å². The molecule has 0 fully saturated rings. The Morgan fingerprint density at radius 1 is 1.12 bits per heavy atom. The SMILES string of the molecule is CC1=CC(C)(C)N(Cc2ccccc2)c2ccc(C=NN=C(N)N)cc21. The van der Waals surface area contributed by atoms with Crippen LogP contribution in [0.5, 0.6) is 0 Å². The van der Waals surface area contributed by atoms with Gasteiger partial charge in [0.05, 0.1) is 11.8 Å². The van der Waals surface area contributed by atoms with Crippen LogP contribution in [-0.2, 0) is 6.54 Å². The molecule has 0 aliphatic carbocycles. The Bertz CT molecular complexity index is 875. The van der Waals surface area contributed by atoms with Crippen LogP contribution in [0.2, 0.25) is 0 Å². The second kappa shape index (κ2) is 7.04. The molecule has 0 unspecified atom stereocenters. The highest BCUT2D eigenvalue weighted by Crippen LogP contribution is 2.40. The monoisotopic (exact) mass is 347 g/mol. The molecule has 2 aromatic carbocycles. The zero-order valence-electron chi connectivity index (χ0n) is 15.5. The fourth-order valence-electron chi connectivity index (χ4n) is 3.40. The maximum absolute atomic E-state index is 5.31. The lowest BCUT2D eigenvalue weighted by Gasteiger charge is -2.43. The van der Waals surface area contributed by atoms with Crippen LogP contribution >= 0.6 is 0 Å². The van der Waals surface area contributed by atoms with Gasteiger partial charge in [0, 0.05) is 17.8 Å². The Hall–Kier alpha value is -3.08. The van der Waals surface area contributed by atoms with Gasteiger partial charge in [0.15, 0.2) is 0 Å². The van der Waals surface area contributed by atoms with Gasteiger partial charge in [-0.25, -0.2) is 0 Å². The summed E-state index contributed by atoms with van der Waals surface area (Å²) in [4.78, 5) is 2.43. The third kappa shape index (κ3) is 3.77. The van der Waals surface area contributed by atoms with Crippen molar-refractivity contribution < 1.29 is 0 Å². The predicted octanol–water partition coefficient (Wildman–Crippen LogP) is 3.50. The van der Waals surface area contributed by atoms with E-state index in [9.17, 15) is 0 Å². The number of guanidine groups is 1. The number of anilines is 1. The minimum Gasteiger partial charge on any atom is -0.369 e. The lowest BCUT2D eigenvalue weighted by molar-refractivity contribution is 0.552. The molecule has 5 heteroatoms. The highest BCUT2D eigenvalue weighted by atomic mass is 15.3. The number of hydrogen-bond acceptors (Lipinski definition) is 3. The maximum atomic E-state index is 5.31. The van der Waals surface area contributed by atoms with Crippen molar-refractivity contribution >= 4 is 23.4 Å². The van der Waals surface area contributed by atoms with Crippen LogP contribution in [0.1, 0.15) is 37.5 Å². The van der Waals surface area contributed by atoms with Gasteiger partial charge in [-0.1, -0.05) is 42.5 Å². The Balaban J connectivity index is 1.99. The molecule has 0 amide bonds. The standard InChI is InChI=1S/C21H25N5/c1-15-12-21(2,3)26(14-16-7-5-4-6-8-16)19-10-9-17(11-18(15)19)13-24-25-20(22)23/h4-13H,14H2,1-3H3,(H4,22,23,25). The average molecular weight is 347 g/mol. The first-order chi connectivity index (χ1) is 12.4. The van der Waals surface area contributed by atoms with Crippen molar-refractivity contribution in [2.24, 2.45) is 21.7 Å². The van der Waals surface area contributed by atoms with Crippen LogP contribution in [0.15, 0.2) is 64.8 Å². The molecular weight excluding hydrogens is 322 g/mol. The Morgan fingerprint density at radius 2 is 1.85 bits per heavy atom. The lowest BCUT2D eigenvalue weighted by atomic mass is 9.87. The zero-order chi connectivity index (χ0) is 18.7. The van der Waals surface area contributed by atoms with Crippen LogP contribution in [0, 0.1) is 0 Å². The summed E-state index contributed by atoms with van der Waals surface area (Å²) >= 11 is 0. The van der Waals surface area contributed by atoms with Gasteiger partial charge < -0.3 is 16.4 Å². The number of hydrogen-bond donors (Lipinski definition) is 2. The molecule has 1 aliphatic heterocycles. The fourth-order valence-corrected chi connectivity index (χ4v) is 3.40. The van der Waals surface area contributed by atoms with E-state index in [1.165, 1.54) is 22.4 Å². The molecule has 134 valence electrons. The molecule has 0 spiro atoms. The van der Waals surface area contributed by atoms with E-state index < -0.39 is 0 Å². The summed E-state index contributed by atoms with van der Waals surface area (Å²) in [6, 6.07) is 16.8. The predicted molar refractivity (Wildman–Crippen MR) is 110 cm³/mol. The van der Waals surface area contributed by atoms with Crippen LogP contribution < -0.4 is 16.4 Å². The summed E-state index contributed by atoms with van der Waals surface area (Å²) in [5, 5.41) is 7.57. The normalized spacial score (nSPS) is 15.5. The third-order valence-electron chi connectivity index (χ3n) is 4.57. The highest BCUT2D eigenvalue weighted by molar-refractivity contribution is 5.88.